The molecule has 0 aromatic carbocycles. The van der Waals surface area contributed by atoms with Crippen LogP contribution in [0.1, 0.15) is 39.5 Å². The van der Waals surface area contributed by atoms with Gasteiger partial charge in [0.1, 0.15) is 18.0 Å². The maximum atomic E-state index is 9.47. The zero-order valence-electron chi connectivity index (χ0n) is 11.1. The van der Waals surface area contributed by atoms with E-state index in [1.165, 1.54) is 0 Å². The molecule has 1 aliphatic carbocycles. The summed E-state index contributed by atoms with van der Waals surface area (Å²) in [6, 6.07) is 2.71. The van der Waals surface area contributed by atoms with E-state index in [1.807, 2.05) is 6.07 Å². The Morgan fingerprint density at radius 1 is 1.17 bits per heavy atom. The van der Waals surface area contributed by atoms with Gasteiger partial charge < -0.3 is 15.7 Å². The van der Waals surface area contributed by atoms with Gasteiger partial charge >= 0.3 is 0 Å². The molecule has 100 valence electrons. The Kier molecular flexibility index (Phi) is 4.36. The van der Waals surface area contributed by atoms with Crippen LogP contribution in [0.4, 0.5) is 11.6 Å². The largest absolute Gasteiger partial charge is 0.393 e. The summed E-state index contributed by atoms with van der Waals surface area (Å²) in [5, 5.41) is 16.1. The molecule has 0 bridgehead atoms. The van der Waals surface area contributed by atoms with Crippen molar-refractivity contribution < 1.29 is 5.11 Å². The number of rotatable bonds is 4. The fourth-order valence-corrected chi connectivity index (χ4v) is 2.24. The number of aromatic nitrogens is 2. The molecule has 3 N–H and O–H groups in total. The molecular weight excluding hydrogens is 228 g/mol. The summed E-state index contributed by atoms with van der Waals surface area (Å²) in [7, 11) is 0. The third kappa shape index (κ3) is 3.84. The van der Waals surface area contributed by atoms with Crippen LogP contribution in [-0.2, 0) is 0 Å². The molecule has 0 atom stereocenters. The summed E-state index contributed by atoms with van der Waals surface area (Å²) in [4.78, 5) is 8.42. The standard InChI is InChI=1S/C13H22N4O/c1-9(2)16-12-7-13(15-8-14-12)17-10-3-5-11(18)6-4-10/h7-11,18H,3-6H2,1-2H3,(H2,14,15,16,17). The highest BCUT2D eigenvalue weighted by molar-refractivity contribution is 5.47. The summed E-state index contributed by atoms with van der Waals surface area (Å²) in [5.74, 6) is 1.70. The van der Waals surface area contributed by atoms with Crippen molar-refractivity contribution in [2.45, 2.75) is 57.7 Å². The first-order valence-corrected chi connectivity index (χ1v) is 6.66. The van der Waals surface area contributed by atoms with Gasteiger partial charge in [-0.05, 0) is 39.5 Å². The third-order valence-electron chi connectivity index (χ3n) is 3.15. The maximum Gasteiger partial charge on any atom is 0.131 e. The zero-order chi connectivity index (χ0) is 13.0. The molecule has 2 rings (SSSR count). The van der Waals surface area contributed by atoms with E-state index < -0.39 is 0 Å². The average molecular weight is 250 g/mol. The van der Waals surface area contributed by atoms with E-state index in [4.69, 9.17) is 0 Å². The highest BCUT2D eigenvalue weighted by Crippen LogP contribution is 2.21. The van der Waals surface area contributed by atoms with Crippen molar-refractivity contribution in [3.63, 3.8) is 0 Å². The predicted octanol–water partition coefficient (Wildman–Crippen LogP) is 2.01. The molecule has 1 heterocycles. The molecule has 1 aliphatic rings. The van der Waals surface area contributed by atoms with Crippen LogP contribution >= 0.6 is 0 Å². The molecule has 18 heavy (non-hydrogen) atoms. The van der Waals surface area contributed by atoms with Crippen LogP contribution in [0.3, 0.4) is 0 Å². The van der Waals surface area contributed by atoms with Crippen molar-refractivity contribution in [2.24, 2.45) is 0 Å². The van der Waals surface area contributed by atoms with E-state index in [9.17, 15) is 5.11 Å². The van der Waals surface area contributed by atoms with Crippen LogP contribution in [0.15, 0.2) is 12.4 Å². The monoisotopic (exact) mass is 250 g/mol. The second kappa shape index (κ2) is 6.00. The van der Waals surface area contributed by atoms with Crippen molar-refractivity contribution in [1.29, 1.82) is 0 Å². The summed E-state index contributed by atoms with van der Waals surface area (Å²) in [6.07, 6.45) is 5.20. The second-order valence-electron chi connectivity index (χ2n) is 5.24. The molecule has 0 spiro atoms. The first-order valence-electron chi connectivity index (χ1n) is 6.66. The van der Waals surface area contributed by atoms with Gasteiger partial charge in [0.25, 0.3) is 0 Å². The Hall–Kier alpha value is -1.36. The normalized spacial score (nSPS) is 24.0. The molecular formula is C13H22N4O. The van der Waals surface area contributed by atoms with E-state index in [0.29, 0.717) is 12.1 Å². The van der Waals surface area contributed by atoms with Gasteiger partial charge in [-0.25, -0.2) is 9.97 Å². The molecule has 0 unspecified atom stereocenters. The lowest BCUT2D eigenvalue weighted by Crippen LogP contribution is -2.28. The van der Waals surface area contributed by atoms with Crippen LogP contribution in [-0.4, -0.2) is 33.3 Å². The summed E-state index contributed by atoms with van der Waals surface area (Å²) >= 11 is 0. The molecule has 5 nitrogen and oxygen atoms in total. The maximum absolute atomic E-state index is 9.47. The highest BCUT2D eigenvalue weighted by atomic mass is 16.3. The van der Waals surface area contributed by atoms with Crippen LogP contribution in [0.25, 0.3) is 0 Å². The van der Waals surface area contributed by atoms with Crippen LogP contribution < -0.4 is 10.6 Å². The Bertz CT molecular complexity index is 375. The molecule has 0 amide bonds. The van der Waals surface area contributed by atoms with Crippen molar-refractivity contribution in [3.8, 4) is 0 Å². The van der Waals surface area contributed by atoms with Crippen LogP contribution in [0.2, 0.25) is 0 Å². The fourth-order valence-electron chi connectivity index (χ4n) is 2.24. The molecule has 1 aromatic rings. The van der Waals surface area contributed by atoms with Crippen LogP contribution in [0.5, 0.6) is 0 Å². The highest BCUT2D eigenvalue weighted by Gasteiger charge is 2.19. The Morgan fingerprint density at radius 2 is 1.83 bits per heavy atom. The number of nitrogens with one attached hydrogen (secondary N) is 2. The van der Waals surface area contributed by atoms with Gasteiger partial charge in [0.15, 0.2) is 0 Å². The second-order valence-corrected chi connectivity index (χ2v) is 5.24. The topological polar surface area (TPSA) is 70.1 Å². The van der Waals surface area contributed by atoms with E-state index in [1.54, 1.807) is 6.33 Å². The van der Waals surface area contributed by atoms with E-state index in [0.717, 1.165) is 37.3 Å². The van der Waals surface area contributed by atoms with Crippen LogP contribution in [0, 0.1) is 0 Å². The number of aliphatic hydroxyl groups is 1. The first-order chi connectivity index (χ1) is 8.63. The van der Waals surface area contributed by atoms with Gasteiger partial charge in [-0.2, -0.15) is 0 Å². The molecule has 5 heteroatoms. The number of hydrogen-bond acceptors (Lipinski definition) is 5. The minimum atomic E-state index is -0.119. The smallest absolute Gasteiger partial charge is 0.131 e. The number of aliphatic hydroxyl groups excluding tert-OH is 1. The van der Waals surface area contributed by atoms with Gasteiger partial charge in [0.2, 0.25) is 0 Å². The summed E-state index contributed by atoms with van der Waals surface area (Å²) in [6.45, 7) is 4.16. The number of nitrogens with zero attached hydrogens (tertiary/aromatic N) is 2. The summed E-state index contributed by atoms with van der Waals surface area (Å²) < 4.78 is 0. The predicted molar refractivity (Wildman–Crippen MR) is 72.7 cm³/mol. The number of hydrogen-bond donors (Lipinski definition) is 3. The molecule has 0 saturated heterocycles. The molecule has 0 radical (unpaired) electrons. The fraction of sp³-hybridized carbons (Fsp3) is 0.692. The average Bonchev–Trinajstić information content (AvgIpc) is 2.32. The van der Waals surface area contributed by atoms with Crippen molar-refractivity contribution in [3.05, 3.63) is 12.4 Å². The van der Waals surface area contributed by atoms with Gasteiger partial charge in [0, 0.05) is 18.2 Å². The lowest BCUT2D eigenvalue weighted by Gasteiger charge is -2.26. The Morgan fingerprint density at radius 3 is 2.50 bits per heavy atom. The van der Waals surface area contributed by atoms with Crippen molar-refractivity contribution in [1.82, 2.24) is 9.97 Å². The minimum Gasteiger partial charge on any atom is -0.393 e. The minimum absolute atomic E-state index is 0.119. The van der Waals surface area contributed by atoms with Gasteiger partial charge in [-0.1, -0.05) is 0 Å². The summed E-state index contributed by atoms with van der Waals surface area (Å²) in [5.41, 5.74) is 0. The molecule has 1 aromatic heterocycles. The molecule has 1 saturated carbocycles. The Labute approximate surface area is 108 Å². The lowest BCUT2D eigenvalue weighted by molar-refractivity contribution is 0.126. The lowest BCUT2D eigenvalue weighted by atomic mass is 9.93. The number of anilines is 2. The van der Waals surface area contributed by atoms with E-state index in [2.05, 4.69) is 34.4 Å². The quantitative estimate of drug-likeness (QED) is 0.762. The van der Waals surface area contributed by atoms with E-state index >= 15 is 0 Å². The van der Waals surface area contributed by atoms with Gasteiger partial charge in [-0.15, -0.1) is 0 Å². The van der Waals surface area contributed by atoms with E-state index in [-0.39, 0.29) is 6.10 Å². The third-order valence-corrected chi connectivity index (χ3v) is 3.15. The van der Waals surface area contributed by atoms with Crippen molar-refractivity contribution in [2.75, 3.05) is 10.6 Å². The molecule has 0 aliphatic heterocycles. The van der Waals surface area contributed by atoms with Gasteiger partial charge in [0.05, 0.1) is 6.10 Å². The van der Waals surface area contributed by atoms with Crippen molar-refractivity contribution >= 4 is 11.6 Å². The molecule has 1 fully saturated rings. The zero-order valence-corrected chi connectivity index (χ0v) is 11.1. The Balaban J connectivity index is 1.92. The first kappa shape index (κ1) is 13.1. The SMILES string of the molecule is CC(C)Nc1cc(NC2CCC(O)CC2)ncn1. The van der Waals surface area contributed by atoms with Gasteiger partial charge in [-0.3, -0.25) is 0 Å².